The van der Waals surface area contributed by atoms with Gasteiger partial charge >= 0.3 is 10.2 Å². The summed E-state index contributed by atoms with van der Waals surface area (Å²) in [5.74, 6) is -0.430. The Bertz CT molecular complexity index is 153. The second kappa shape index (κ2) is 2.85. The third kappa shape index (κ3) is 2.69. The smallest absolute Gasteiger partial charge is 0.193 e. The summed E-state index contributed by atoms with van der Waals surface area (Å²) < 4.78 is 29.3. The molecule has 6 heteroatoms. The maximum absolute atomic E-state index is 11.5. The minimum Gasteiger partial charge on any atom is -0.193 e. The molecule has 0 saturated heterocycles. The van der Waals surface area contributed by atoms with E-state index >= 15 is 0 Å². The largest absolute Gasteiger partial charge is 0.320 e. The van der Waals surface area contributed by atoms with Crippen LogP contribution in [-0.2, 0) is 10.2 Å². The summed E-state index contributed by atoms with van der Waals surface area (Å²) in [6, 6.07) is 0. The first-order chi connectivity index (χ1) is 3.48. The van der Waals surface area contributed by atoms with E-state index in [4.69, 9.17) is 23.2 Å². The number of rotatable bonds is 2. The predicted octanol–water partition coefficient (Wildman–Crippen LogP) is 1.09. The van der Waals surface area contributed by atoms with Crippen molar-refractivity contribution in [1.82, 2.24) is 0 Å². The van der Waals surface area contributed by atoms with Gasteiger partial charge in [-0.3, -0.25) is 0 Å². The highest BCUT2D eigenvalue weighted by molar-refractivity contribution is 7.88. The molecule has 0 fully saturated rings. The second-order valence-electron chi connectivity index (χ2n) is 1.04. The van der Waals surface area contributed by atoms with Crippen LogP contribution < -0.4 is 0 Å². The zero-order valence-corrected chi connectivity index (χ0v) is 5.97. The molecule has 0 radical (unpaired) electrons. The lowest BCUT2D eigenvalue weighted by Crippen LogP contribution is -2.10. The monoisotopic (exact) mass is 180 g/mol. The average Bonchev–Trinajstić information content (AvgIpc) is 1.62. The van der Waals surface area contributed by atoms with E-state index in [2.05, 4.69) is 0 Å². The molecule has 0 rings (SSSR count). The molecular weight excluding hydrogens is 178 g/mol. The molecule has 8 heavy (non-hydrogen) atoms. The van der Waals surface area contributed by atoms with Gasteiger partial charge in [0, 0.05) is 0 Å². The Labute approximate surface area is 56.8 Å². The molecule has 0 amide bonds. The fraction of sp³-hybridized carbons (Fsp3) is 1.00. The molecule has 1 unspecified atom stereocenters. The van der Waals surface area contributed by atoms with Crippen LogP contribution in [0.1, 0.15) is 0 Å². The molecule has 2 nitrogen and oxygen atoms in total. The van der Waals surface area contributed by atoms with Gasteiger partial charge in [-0.15, -0.1) is 27.1 Å². The lowest BCUT2D eigenvalue weighted by atomic mass is 10.9. The van der Waals surface area contributed by atoms with E-state index in [1.807, 2.05) is 0 Å². The Morgan fingerprint density at radius 1 is 1.62 bits per heavy atom. The molecule has 0 aromatic carbocycles. The molecule has 50 valence electrons. The molecule has 0 aliphatic rings. The van der Waals surface area contributed by atoms with Crippen molar-refractivity contribution in [3.8, 4) is 0 Å². The van der Waals surface area contributed by atoms with Crippen LogP contribution in [0.25, 0.3) is 0 Å². The van der Waals surface area contributed by atoms with Crippen molar-refractivity contribution in [1.29, 1.82) is 0 Å². The number of hydrogen-bond donors (Lipinski definition) is 0. The highest BCUT2D eigenvalue weighted by atomic mass is 35.5. The SMILES string of the molecule is O=S(=O)(F)C(Cl)CCl. The van der Waals surface area contributed by atoms with E-state index in [9.17, 15) is 12.3 Å². The van der Waals surface area contributed by atoms with E-state index < -0.39 is 20.8 Å². The van der Waals surface area contributed by atoms with Gasteiger partial charge in [-0.2, -0.15) is 8.42 Å². The number of halogens is 3. The van der Waals surface area contributed by atoms with Crippen molar-refractivity contribution < 1.29 is 12.3 Å². The molecule has 0 aliphatic carbocycles. The van der Waals surface area contributed by atoms with Gasteiger partial charge < -0.3 is 0 Å². The Balaban J connectivity index is 4.04. The van der Waals surface area contributed by atoms with Crippen molar-refractivity contribution in [3.05, 3.63) is 0 Å². The van der Waals surface area contributed by atoms with Crippen molar-refractivity contribution in [2.45, 2.75) is 4.71 Å². The van der Waals surface area contributed by atoms with Gasteiger partial charge in [0.1, 0.15) is 0 Å². The van der Waals surface area contributed by atoms with Gasteiger partial charge in [-0.25, -0.2) is 0 Å². The first-order valence-electron chi connectivity index (χ1n) is 1.62. The van der Waals surface area contributed by atoms with Gasteiger partial charge in [-0.05, 0) is 0 Å². The molecule has 0 spiro atoms. The van der Waals surface area contributed by atoms with Crippen LogP contribution in [0, 0.1) is 0 Å². The maximum atomic E-state index is 11.5. The summed E-state index contributed by atoms with van der Waals surface area (Å²) in [5, 5.41) is 0. The maximum Gasteiger partial charge on any atom is 0.320 e. The fourth-order valence-electron chi connectivity index (χ4n) is 0.0752. The standard InChI is InChI=1S/C2H3Cl2FO2S/c3-1-2(4)8(5,6)7/h2H,1H2. The Morgan fingerprint density at radius 3 is 2.00 bits per heavy atom. The van der Waals surface area contributed by atoms with Gasteiger partial charge in [0.05, 0.1) is 5.88 Å². The van der Waals surface area contributed by atoms with Crippen molar-refractivity contribution in [3.63, 3.8) is 0 Å². The van der Waals surface area contributed by atoms with E-state index in [0.717, 1.165) is 0 Å². The van der Waals surface area contributed by atoms with Gasteiger partial charge in [0.2, 0.25) is 0 Å². The van der Waals surface area contributed by atoms with Gasteiger partial charge in [-0.1, -0.05) is 0 Å². The lowest BCUT2D eigenvalue weighted by Gasteiger charge is -1.94. The molecular formula is C2H3Cl2FO2S. The first-order valence-corrected chi connectivity index (χ1v) is 4.03. The zero-order chi connectivity index (χ0) is 6.78. The summed E-state index contributed by atoms with van der Waals surface area (Å²) in [7, 11) is -4.62. The van der Waals surface area contributed by atoms with Crippen LogP contribution in [-0.4, -0.2) is 19.0 Å². The van der Waals surface area contributed by atoms with Crippen LogP contribution in [0.2, 0.25) is 0 Å². The minimum atomic E-state index is -4.62. The van der Waals surface area contributed by atoms with Crippen molar-refractivity contribution in [2.75, 3.05) is 5.88 Å². The highest BCUT2D eigenvalue weighted by Gasteiger charge is 2.19. The van der Waals surface area contributed by atoms with E-state index in [0.29, 0.717) is 0 Å². The lowest BCUT2D eigenvalue weighted by molar-refractivity contribution is 0.550. The summed E-state index contributed by atoms with van der Waals surface area (Å²) >= 11 is 9.73. The van der Waals surface area contributed by atoms with Gasteiger partial charge in [0.25, 0.3) is 0 Å². The van der Waals surface area contributed by atoms with Crippen LogP contribution >= 0.6 is 23.2 Å². The van der Waals surface area contributed by atoms with Crippen LogP contribution in [0.3, 0.4) is 0 Å². The molecule has 0 aliphatic heterocycles. The molecule has 0 aromatic rings. The summed E-state index contributed by atoms with van der Waals surface area (Å²) in [5.41, 5.74) is 0. The quantitative estimate of drug-likeness (QED) is 0.472. The topological polar surface area (TPSA) is 34.1 Å². The second-order valence-corrected chi connectivity index (χ2v) is 3.65. The zero-order valence-electron chi connectivity index (χ0n) is 3.64. The Hall–Kier alpha value is 0.460. The predicted molar refractivity (Wildman–Crippen MR) is 30.4 cm³/mol. The number of alkyl halides is 2. The van der Waals surface area contributed by atoms with Crippen LogP contribution in [0.5, 0.6) is 0 Å². The molecule has 0 aromatic heterocycles. The minimum absolute atomic E-state index is 0.430. The highest BCUT2D eigenvalue weighted by Crippen LogP contribution is 2.09. The normalized spacial score (nSPS) is 15.9. The summed E-state index contributed by atoms with van der Waals surface area (Å²) in [6.07, 6.45) is 0. The summed E-state index contributed by atoms with van der Waals surface area (Å²) in [4.78, 5) is 0. The first kappa shape index (κ1) is 8.46. The van der Waals surface area contributed by atoms with Crippen molar-refractivity contribution in [2.24, 2.45) is 0 Å². The molecule has 1 atom stereocenters. The Kier molecular flexibility index (Phi) is 3.01. The third-order valence-electron chi connectivity index (χ3n) is 0.427. The van der Waals surface area contributed by atoms with Crippen LogP contribution in [0.15, 0.2) is 0 Å². The van der Waals surface area contributed by atoms with E-state index in [1.165, 1.54) is 0 Å². The Morgan fingerprint density at radius 2 is 2.00 bits per heavy atom. The molecule has 0 heterocycles. The average molecular weight is 181 g/mol. The van der Waals surface area contributed by atoms with E-state index in [-0.39, 0.29) is 0 Å². The van der Waals surface area contributed by atoms with E-state index in [1.54, 1.807) is 0 Å². The molecule has 0 bridgehead atoms. The number of hydrogen-bond acceptors (Lipinski definition) is 2. The fourth-order valence-corrected chi connectivity index (χ4v) is 0.677. The van der Waals surface area contributed by atoms with Gasteiger partial charge in [0.15, 0.2) is 4.71 Å². The third-order valence-corrected chi connectivity index (χ3v) is 2.65. The molecule has 0 saturated carbocycles. The van der Waals surface area contributed by atoms with Crippen molar-refractivity contribution >= 4 is 33.4 Å². The summed E-state index contributed by atoms with van der Waals surface area (Å²) in [6.45, 7) is 0. The molecule has 0 N–H and O–H groups in total. The van der Waals surface area contributed by atoms with Crippen LogP contribution in [0.4, 0.5) is 3.89 Å².